The van der Waals surface area contributed by atoms with E-state index in [2.05, 4.69) is 29.4 Å². The molecule has 1 N–H and O–H groups in total. The minimum absolute atomic E-state index is 0.0152. The molecule has 102 valence electrons. The third kappa shape index (κ3) is 2.42. The summed E-state index contributed by atoms with van der Waals surface area (Å²) >= 11 is 5.91. The number of rotatable bonds is 4. The van der Waals surface area contributed by atoms with E-state index in [1.54, 1.807) is 6.07 Å². The second-order valence-electron chi connectivity index (χ2n) is 4.58. The van der Waals surface area contributed by atoms with Gasteiger partial charge in [0.05, 0.1) is 6.04 Å². The molecular formula is C16H15ClN2O. The first kappa shape index (κ1) is 13.2. The van der Waals surface area contributed by atoms with E-state index in [9.17, 15) is 0 Å². The predicted molar refractivity (Wildman–Crippen MR) is 81.0 cm³/mol. The van der Waals surface area contributed by atoms with Crippen molar-refractivity contribution in [2.24, 2.45) is 0 Å². The molecule has 1 atom stereocenters. The zero-order valence-electron chi connectivity index (χ0n) is 11.1. The van der Waals surface area contributed by atoms with Crippen molar-refractivity contribution >= 4 is 22.4 Å². The Hall–Kier alpha value is -1.84. The van der Waals surface area contributed by atoms with E-state index in [0.29, 0.717) is 5.22 Å². The molecule has 20 heavy (non-hydrogen) atoms. The van der Waals surface area contributed by atoms with Gasteiger partial charge in [-0.25, -0.2) is 0 Å². The molecule has 0 aliphatic rings. The highest BCUT2D eigenvalue weighted by Crippen LogP contribution is 2.30. The lowest BCUT2D eigenvalue weighted by atomic mass is 9.98. The molecule has 3 aromatic rings. The average molecular weight is 287 g/mol. The molecule has 0 radical (unpaired) electrons. The number of fused-ring (bicyclic) bond motifs is 1. The average Bonchev–Trinajstić information content (AvgIpc) is 2.91. The Morgan fingerprint density at radius 2 is 2.15 bits per heavy atom. The van der Waals surface area contributed by atoms with Crippen LogP contribution >= 0.6 is 11.6 Å². The quantitative estimate of drug-likeness (QED) is 0.782. The van der Waals surface area contributed by atoms with Crippen molar-refractivity contribution < 1.29 is 4.42 Å². The van der Waals surface area contributed by atoms with E-state index < -0.39 is 0 Å². The Labute approximate surface area is 122 Å². The van der Waals surface area contributed by atoms with Gasteiger partial charge in [0.2, 0.25) is 0 Å². The van der Waals surface area contributed by atoms with Crippen molar-refractivity contribution in [3.05, 3.63) is 65.3 Å². The van der Waals surface area contributed by atoms with E-state index in [1.165, 1.54) is 5.39 Å². The van der Waals surface area contributed by atoms with Crippen LogP contribution in [-0.4, -0.2) is 11.5 Å². The molecule has 3 rings (SSSR count). The molecule has 0 saturated heterocycles. The molecule has 0 saturated carbocycles. The molecule has 0 spiro atoms. The highest BCUT2D eigenvalue weighted by Gasteiger charge is 2.18. The van der Waals surface area contributed by atoms with Crippen molar-refractivity contribution in [2.45, 2.75) is 13.0 Å². The molecule has 2 aromatic heterocycles. The number of halogens is 1. The van der Waals surface area contributed by atoms with E-state index >= 15 is 0 Å². The van der Waals surface area contributed by atoms with Crippen LogP contribution in [0.3, 0.4) is 0 Å². The molecule has 1 unspecified atom stereocenters. The monoisotopic (exact) mass is 286 g/mol. The largest absolute Gasteiger partial charge is 0.448 e. The van der Waals surface area contributed by atoms with Crippen LogP contribution in [0.25, 0.3) is 10.8 Å². The molecule has 1 aromatic carbocycles. The van der Waals surface area contributed by atoms with Gasteiger partial charge in [0.1, 0.15) is 5.76 Å². The molecule has 0 aliphatic carbocycles. The number of nitrogens with zero attached hydrogens (tertiary/aromatic N) is 1. The van der Waals surface area contributed by atoms with E-state index in [0.717, 1.165) is 23.3 Å². The second kappa shape index (κ2) is 5.65. The number of furan rings is 1. The Morgan fingerprint density at radius 1 is 1.25 bits per heavy atom. The van der Waals surface area contributed by atoms with Crippen molar-refractivity contribution in [3.8, 4) is 0 Å². The van der Waals surface area contributed by atoms with Gasteiger partial charge < -0.3 is 9.73 Å². The van der Waals surface area contributed by atoms with Crippen LogP contribution in [0.4, 0.5) is 0 Å². The highest BCUT2D eigenvalue weighted by atomic mass is 35.5. The minimum atomic E-state index is -0.0152. The lowest BCUT2D eigenvalue weighted by molar-refractivity contribution is 0.455. The molecule has 3 nitrogen and oxygen atoms in total. The summed E-state index contributed by atoms with van der Waals surface area (Å²) in [6.07, 6.45) is 3.68. The lowest BCUT2D eigenvalue weighted by Gasteiger charge is -2.18. The predicted octanol–water partition coefficient (Wildman–Crippen LogP) is 4.18. The van der Waals surface area contributed by atoms with Gasteiger partial charge in [0, 0.05) is 17.8 Å². The first-order chi connectivity index (χ1) is 9.79. The Morgan fingerprint density at radius 3 is 2.90 bits per heavy atom. The van der Waals surface area contributed by atoms with E-state index in [-0.39, 0.29) is 6.04 Å². The van der Waals surface area contributed by atoms with Gasteiger partial charge >= 0.3 is 0 Å². The Balaban J connectivity index is 2.14. The summed E-state index contributed by atoms with van der Waals surface area (Å²) in [5.41, 5.74) is 1.16. The second-order valence-corrected chi connectivity index (χ2v) is 4.95. The van der Waals surface area contributed by atoms with Crippen LogP contribution < -0.4 is 5.32 Å². The first-order valence-electron chi connectivity index (χ1n) is 6.61. The van der Waals surface area contributed by atoms with Crippen LogP contribution in [0.2, 0.25) is 5.22 Å². The third-order valence-corrected chi connectivity index (χ3v) is 3.52. The maximum atomic E-state index is 5.91. The SMILES string of the molecule is CCNC(c1ccc(Cl)o1)c1cccc2cnccc12. The van der Waals surface area contributed by atoms with Crippen LogP contribution in [0.15, 0.2) is 53.2 Å². The summed E-state index contributed by atoms with van der Waals surface area (Å²) in [7, 11) is 0. The molecule has 4 heteroatoms. The number of hydrogen-bond acceptors (Lipinski definition) is 3. The van der Waals surface area contributed by atoms with Gasteiger partial charge in [0.15, 0.2) is 5.22 Å². The van der Waals surface area contributed by atoms with Crippen molar-refractivity contribution in [1.82, 2.24) is 10.3 Å². The summed E-state index contributed by atoms with van der Waals surface area (Å²) < 4.78 is 5.59. The lowest BCUT2D eigenvalue weighted by Crippen LogP contribution is -2.21. The maximum Gasteiger partial charge on any atom is 0.193 e. The van der Waals surface area contributed by atoms with Crippen LogP contribution in [0, 0.1) is 0 Å². The Kier molecular flexibility index (Phi) is 3.72. The molecule has 0 amide bonds. The fourth-order valence-corrected chi connectivity index (χ4v) is 2.60. The van der Waals surface area contributed by atoms with E-state index in [1.807, 2.05) is 30.6 Å². The summed E-state index contributed by atoms with van der Waals surface area (Å²) in [6, 6.07) is 11.9. The molecule has 2 heterocycles. The van der Waals surface area contributed by atoms with Gasteiger partial charge in [0.25, 0.3) is 0 Å². The van der Waals surface area contributed by atoms with Gasteiger partial charge in [-0.15, -0.1) is 0 Å². The van der Waals surface area contributed by atoms with Crippen LogP contribution in [0.5, 0.6) is 0 Å². The maximum absolute atomic E-state index is 5.91. The molecule has 0 fully saturated rings. The molecule has 0 aliphatic heterocycles. The summed E-state index contributed by atoms with van der Waals surface area (Å²) in [6.45, 7) is 2.91. The number of aromatic nitrogens is 1. The number of benzene rings is 1. The number of pyridine rings is 1. The summed E-state index contributed by atoms with van der Waals surface area (Å²) in [5.74, 6) is 0.821. The topological polar surface area (TPSA) is 38.1 Å². The van der Waals surface area contributed by atoms with Gasteiger partial charge in [-0.2, -0.15) is 0 Å². The van der Waals surface area contributed by atoms with Crippen LogP contribution in [0.1, 0.15) is 24.3 Å². The molecule has 0 bridgehead atoms. The molecular weight excluding hydrogens is 272 g/mol. The minimum Gasteiger partial charge on any atom is -0.448 e. The first-order valence-corrected chi connectivity index (χ1v) is 6.98. The third-order valence-electron chi connectivity index (χ3n) is 3.31. The van der Waals surface area contributed by atoms with Crippen molar-refractivity contribution in [1.29, 1.82) is 0 Å². The summed E-state index contributed by atoms with van der Waals surface area (Å²) in [4.78, 5) is 4.17. The van der Waals surface area contributed by atoms with Gasteiger partial charge in [-0.3, -0.25) is 4.98 Å². The fourth-order valence-electron chi connectivity index (χ4n) is 2.45. The van der Waals surface area contributed by atoms with Crippen molar-refractivity contribution in [3.63, 3.8) is 0 Å². The highest BCUT2D eigenvalue weighted by molar-refractivity contribution is 6.28. The van der Waals surface area contributed by atoms with Crippen LogP contribution in [-0.2, 0) is 0 Å². The zero-order chi connectivity index (χ0) is 13.9. The number of nitrogens with one attached hydrogen (secondary N) is 1. The van der Waals surface area contributed by atoms with Gasteiger partial charge in [-0.1, -0.05) is 25.1 Å². The van der Waals surface area contributed by atoms with E-state index in [4.69, 9.17) is 16.0 Å². The fraction of sp³-hybridized carbons (Fsp3) is 0.188. The number of hydrogen-bond donors (Lipinski definition) is 1. The zero-order valence-corrected chi connectivity index (χ0v) is 11.9. The summed E-state index contributed by atoms with van der Waals surface area (Å²) in [5, 5.41) is 6.14. The standard InChI is InChI=1S/C16H15ClN2O/c1-2-19-16(14-6-7-15(17)20-14)13-5-3-4-11-10-18-9-8-12(11)13/h3-10,16,19H,2H2,1H3. The Bertz CT molecular complexity index is 718. The smallest absolute Gasteiger partial charge is 0.193 e. The van der Waals surface area contributed by atoms with Gasteiger partial charge in [-0.05, 0) is 47.3 Å². The normalized spacial score (nSPS) is 12.7. The van der Waals surface area contributed by atoms with Crippen molar-refractivity contribution in [2.75, 3.05) is 6.54 Å².